The fourth-order valence-corrected chi connectivity index (χ4v) is 1.00. The fourth-order valence-electron chi connectivity index (χ4n) is 1.00. The van der Waals surface area contributed by atoms with E-state index in [0.717, 1.165) is 25.5 Å². The third-order valence-electron chi connectivity index (χ3n) is 1.77. The SMILES string of the molecule is COC(=O)N/N=C\c1cccc(C(F)(F)F)c1. The Balaban J connectivity index is 2.76. The highest BCUT2D eigenvalue weighted by Gasteiger charge is 2.30. The van der Waals surface area contributed by atoms with Crippen molar-refractivity contribution in [2.45, 2.75) is 6.18 Å². The number of ether oxygens (including phenoxy) is 1. The van der Waals surface area contributed by atoms with Gasteiger partial charge in [-0.1, -0.05) is 12.1 Å². The van der Waals surface area contributed by atoms with Crippen molar-refractivity contribution in [1.29, 1.82) is 0 Å². The summed E-state index contributed by atoms with van der Waals surface area (Å²) in [6, 6.07) is 4.55. The van der Waals surface area contributed by atoms with Crippen LogP contribution in [0.3, 0.4) is 0 Å². The Labute approximate surface area is 95.1 Å². The van der Waals surface area contributed by atoms with Crippen LogP contribution in [-0.2, 0) is 10.9 Å². The van der Waals surface area contributed by atoms with Crippen LogP contribution in [0.15, 0.2) is 29.4 Å². The van der Waals surface area contributed by atoms with Crippen LogP contribution in [0.2, 0.25) is 0 Å². The number of carbonyl (C=O) groups excluding carboxylic acids is 1. The Hall–Kier alpha value is -2.05. The molecule has 0 aliphatic rings. The Bertz CT molecular complexity index is 430. The summed E-state index contributed by atoms with van der Waals surface area (Å²) in [6.45, 7) is 0. The molecule has 0 radical (unpaired) electrons. The summed E-state index contributed by atoms with van der Waals surface area (Å²) in [5.74, 6) is 0. The monoisotopic (exact) mass is 246 g/mol. The molecule has 0 spiro atoms. The molecule has 7 heteroatoms. The predicted octanol–water partition coefficient (Wildman–Crippen LogP) is 2.40. The number of rotatable bonds is 2. The zero-order valence-corrected chi connectivity index (χ0v) is 8.78. The van der Waals surface area contributed by atoms with E-state index in [1.165, 1.54) is 12.1 Å². The minimum atomic E-state index is -4.40. The quantitative estimate of drug-likeness (QED) is 0.643. The van der Waals surface area contributed by atoms with Crippen LogP contribution < -0.4 is 5.43 Å². The summed E-state index contributed by atoms with van der Waals surface area (Å²) in [5.41, 5.74) is 1.41. The lowest BCUT2D eigenvalue weighted by atomic mass is 10.1. The minimum Gasteiger partial charge on any atom is -0.452 e. The summed E-state index contributed by atoms with van der Waals surface area (Å²) in [6.07, 6.45) is -4.11. The summed E-state index contributed by atoms with van der Waals surface area (Å²) >= 11 is 0. The van der Waals surface area contributed by atoms with Gasteiger partial charge in [0, 0.05) is 0 Å². The van der Waals surface area contributed by atoms with E-state index in [1.807, 2.05) is 5.43 Å². The largest absolute Gasteiger partial charge is 0.452 e. The standard InChI is InChI=1S/C10H9F3N2O2/c1-17-9(16)15-14-6-7-3-2-4-8(5-7)10(11,12)13/h2-6H,1H3,(H,15,16)/b14-6-. The van der Waals surface area contributed by atoms with Crippen molar-refractivity contribution in [3.63, 3.8) is 0 Å². The molecular weight excluding hydrogens is 237 g/mol. The van der Waals surface area contributed by atoms with Gasteiger partial charge in [-0.3, -0.25) is 0 Å². The second-order valence-electron chi connectivity index (χ2n) is 2.98. The zero-order chi connectivity index (χ0) is 12.9. The number of nitrogens with zero attached hydrogens (tertiary/aromatic N) is 1. The highest BCUT2D eigenvalue weighted by molar-refractivity contribution is 5.81. The maximum atomic E-state index is 12.3. The first-order valence-corrected chi connectivity index (χ1v) is 4.48. The highest BCUT2D eigenvalue weighted by Crippen LogP contribution is 2.29. The Morgan fingerprint density at radius 3 is 2.76 bits per heavy atom. The van der Waals surface area contributed by atoms with Gasteiger partial charge >= 0.3 is 12.3 Å². The molecule has 4 nitrogen and oxygen atoms in total. The van der Waals surface area contributed by atoms with E-state index in [-0.39, 0.29) is 5.56 Å². The van der Waals surface area contributed by atoms with Gasteiger partial charge in [0.2, 0.25) is 0 Å². The molecule has 1 rings (SSSR count). The van der Waals surface area contributed by atoms with Crippen molar-refractivity contribution in [2.24, 2.45) is 5.10 Å². The topological polar surface area (TPSA) is 50.7 Å². The van der Waals surface area contributed by atoms with Crippen molar-refractivity contribution in [3.05, 3.63) is 35.4 Å². The fraction of sp³-hybridized carbons (Fsp3) is 0.200. The second kappa shape index (κ2) is 5.33. The minimum absolute atomic E-state index is 0.219. The molecule has 0 fully saturated rings. The molecule has 0 saturated carbocycles. The van der Waals surface area contributed by atoms with Crippen molar-refractivity contribution in [3.8, 4) is 0 Å². The van der Waals surface area contributed by atoms with Gasteiger partial charge in [-0.2, -0.15) is 18.3 Å². The first-order chi connectivity index (χ1) is 7.93. The lowest BCUT2D eigenvalue weighted by molar-refractivity contribution is -0.137. The molecule has 1 aromatic rings. The van der Waals surface area contributed by atoms with Gasteiger partial charge in [0.1, 0.15) is 0 Å². The number of hydrogen-bond donors (Lipinski definition) is 1. The van der Waals surface area contributed by atoms with Crippen molar-refractivity contribution < 1.29 is 22.7 Å². The van der Waals surface area contributed by atoms with Gasteiger partial charge in [-0.05, 0) is 17.7 Å². The number of amides is 1. The second-order valence-corrected chi connectivity index (χ2v) is 2.98. The normalized spacial score (nSPS) is 11.5. The van der Waals surface area contributed by atoms with Gasteiger partial charge in [-0.25, -0.2) is 10.2 Å². The smallest absolute Gasteiger partial charge is 0.427 e. The van der Waals surface area contributed by atoms with Crippen LogP contribution in [-0.4, -0.2) is 19.4 Å². The molecule has 92 valence electrons. The van der Waals surface area contributed by atoms with Gasteiger partial charge in [0.25, 0.3) is 0 Å². The van der Waals surface area contributed by atoms with Crippen molar-refractivity contribution in [1.82, 2.24) is 5.43 Å². The molecule has 0 atom stereocenters. The maximum Gasteiger partial charge on any atom is 0.427 e. The molecule has 0 saturated heterocycles. The molecule has 1 amide bonds. The molecule has 0 aromatic heterocycles. The average Bonchev–Trinajstić information content (AvgIpc) is 2.28. The molecule has 0 aliphatic heterocycles. The van der Waals surface area contributed by atoms with E-state index in [4.69, 9.17) is 0 Å². The molecule has 17 heavy (non-hydrogen) atoms. The van der Waals surface area contributed by atoms with E-state index in [0.29, 0.717) is 0 Å². The Kier molecular flexibility index (Phi) is 4.08. The average molecular weight is 246 g/mol. The van der Waals surface area contributed by atoms with Crippen LogP contribution in [0.4, 0.5) is 18.0 Å². The van der Waals surface area contributed by atoms with E-state index in [2.05, 4.69) is 9.84 Å². The van der Waals surface area contributed by atoms with Crippen LogP contribution in [0.1, 0.15) is 11.1 Å². The third kappa shape index (κ3) is 4.13. The first kappa shape index (κ1) is 13.0. The number of alkyl halides is 3. The number of halogens is 3. The van der Waals surface area contributed by atoms with E-state index < -0.39 is 17.8 Å². The molecular formula is C10H9F3N2O2. The first-order valence-electron chi connectivity index (χ1n) is 4.48. The maximum absolute atomic E-state index is 12.3. The van der Waals surface area contributed by atoms with Crippen LogP contribution in [0, 0.1) is 0 Å². The molecule has 0 bridgehead atoms. The number of methoxy groups -OCH3 is 1. The molecule has 0 unspecified atom stereocenters. The highest BCUT2D eigenvalue weighted by atomic mass is 19.4. The Morgan fingerprint density at radius 2 is 2.18 bits per heavy atom. The number of hydrogen-bond acceptors (Lipinski definition) is 3. The molecule has 0 heterocycles. The van der Waals surface area contributed by atoms with Crippen LogP contribution in [0.25, 0.3) is 0 Å². The molecule has 1 aromatic carbocycles. The van der Waals surface area contributed by atoms with Crippen molar-refractivity contribution >= 4 is 12.3 Å². The molecule has 1 N–H and O–H groups in total. The third-order valence-corrected chi connectivity index (χ3v) is 1.77. The Morgan fingerprint density at radius 1 is 1.47 bits per heavy atom. The van der Waals surface area contributed by atoms with Gasteiger partial charge in [0.05, 0.1) is 18.9 Å². The summed E-state index contributed by atoms with van der Waals surface area (Å²) in [5, 5.41) is 3.42. The summed E-state index contributed by atoms with van der Waals surface area (Å²) < 4.78 is 41.2. The van der Waals surface area contributed by atoms with Crippen LogP contribution >= 0.6 is 0 Å². The number of nitrogens with one attached hydrogen (secondary N) is 1. The van der Waals surface area contributed by atoms with Gasteiger partial charge in [0.15, 0.2) is 0 Å². The number of hydrazone groups is 1. The summed E-state index contributed by atoms with van der Waals surface area (Å²) in [4.78, 5) is 10.6. The number of benzene rings is 1. The molecule has 0 aliphatic carbocycles. The zero-order valence-electron chi connectivity index (χ0n) is 8.78. The lowest BCUT2D eigenvalue weighted by Gasteiger charge is -2.06. The van der Waals surface area contributed by atoms with E-state index in [9.17, 15) is 18.0 Å². The van der Waals surface area contributed by atoms with Gasteiger partial charge in [-0.15, -0.1) is 0 Å². The predicted molar refractivity (Wildman–Crippen MR) is 54.6 cm³/mol. The number of carbonyl (C=O) groups is 1. The lowest BCUT2D eigenvalue weighted by Crippen LogP contribution is -2.16. The van der Waals surface area contributed by atoms with E-state index in [1.54, 1.807) is 0 Å². The van der Waals surface area contributed by atoms with Gasteiger partial charge < -0.3 is 4.74 Å². The van der Waals surface area contributed by atoms with E-state index >= 15 is 0 Å². The van der Waals surface area contributed by atoms with Crippen molar-refractivity contribution in [2.75, 3.05) is 7.11 Å². The van der Waals surface area contributed by atoms with Crippen LogP contribution in [0.5, 0.6) is 0 Å². The summed E-state index contributed by atoms with van der Waals surface area (Å²) in [7, 11) is 1.15.